The van der Waals surface area contributed by atoms with E-state index in [1.807, 2.05) is 14.0 Å². The Balaban J connectivity index is 2.28. The van der Waals surface area contributed by atoms with Gasteiger partial charge < -0.3 is 14.4 Å². The second kappa shape index (κ2) is 5.32. The lowest BCUT2D eigenvalue weighted by Gasteiger charge is -2.28. The lowest BCUT2D eigenvalue weighted by atomic mass is 10.2. The van der Waals surface area contributed by atoms with Crippen LogP contribution < -0.4 is 0 Å². The molecule has 13 heavy (non-hydrogen) atoms. The molecule has 1 aliphatic heterocycles. The summed E-state index contributed by atoms with van der Waals surface area (Å²) in [5, 5.41) is 0. The predicted molar refractivity (Wildman–Crippen MR) is 48.7 cm³/mol. The molecule has 0 N–H and O–H groups in total. The van der Waals surface area contributed by atoms with Gasteiger partial charge in [0.25, 0.3) is 0 Å². The van der Waals surface area contributed by atoms with Gasteiger partial charge in [-0.05, 0) is 14.0 Å². The SMILES string of the molecule is CCOCC(=O)C1CN(C)CCO1. The first-order valence-electron chi connectivity index (χ1n) is 4.64. The summed E-state index contributed by atoms with van der Waals surface area (Å²) in [5.74, 6) is 0.0494. The van der Waals surface area contributed by atoms with E-state index in [4.69, 9.17) is 9.47 Å². The molecule has 0 amide bonds. The van der Waals surface area contributed by atoms with Crippen molar-refractivity contribution in [2.24, 2.45) is 0 Å². The minimum absolute atomic E-state index is 0.0494. The molecule has 0 aromatic heterocycles. The van der Waals surface area contributed by atoms with Crippen LogP contribution in [0.15, 0.2) is 0 Å². The Morgan fingerprint density at radius 2 is 2.46 bits per heavy atom. The van der Waals surface area contributed by atoms with Gasteiger partial charge >= 0.3 is 0 Å². The predicted octanol–water partition coefficient (Wildman–Crippen LogP) is -0.0774. The minimum Gasteiger partial charge on any atom is -0.374 e. The Hall–Kier alpha value is -0.450. The highest BCUT2D eigenvalue weighted by Crippen LogP contribution is 2.04. The molecule has 0 aliphatic carbocycles. The topological polar surface area (TPSA) is 38.8 Å². The highest BCUT2D eigenvalue weighted by molar-refractivity contribution is 5.84. The summed E-state index contributed by atoms with van der Waals surface area (Å²) in [6.07, 6.45) is -0.287. The van der Waals surface area contributed by atoms with Gasteiger partial charge in [0.2, 0.25) is 0 Å². The van der Waals surface area contributed by atoms with Gasteiger partial charge in [0.15, 0.2) is 5.78 Å². The molecule has 0 bridgehead atoms. The van der Waals surface area contributed by atoms with Crippen LogP contribution in [-0.4, -0.2) is 56.7 Å². The van der Waals surface area contributed by atoms with E-state index in [2.05, 4.69) is 4.90 Å². The first kappa shape index (κ1) is 10.6. The zero-order valence-electron chi connectivity index (χ0n) is 8.28. The maximum absolute atomic E-state index is 11.4. The third-order valence-corrected chi connectivity index (χ3v) is 2.08. The number of hydrogen-bond acceptors (Lipinski definition) is 4. The van der Waals surface area contributed by atoms with E-state index < -0.39 is 0 Å². The molecule has 1 saturated heterocycles. The van der Waals surface area contributed by atoms with E-state index in [-0.39, 0.29) is 18.5 Å². The molecule has 0 radical (unpaired) electrons. The van der Waals surface area contributed by atoms with Crippen molar-refractivity contribution in [2.45, 2.75) is 13.0 Å². The highest BCUT2D eigenvalue weighted by atomic mass is 16.5. The summed E-state index contributed by atoms with van der Waals surface area (Å²) in [5.41, 5.74) is 0. The lowest BCUT2D eigenvalue weighted by molar-refractivity contribution is -0.140. The fourth-order valence-corrected chi connectivity index (χ4v) is 1.27. The summed E-state index contributed by atoms with van der Waals surface area (Å²) in [6, 6.07) is 0. The van der Waals surface area contributed by atoms with Gasteiger partial charge in [-0.3, -0.25) is 4.79 Å². The molecule has 1 atom stereocenters. The summed E-state index contributed by atoms with van der Waals surface area (Å²) >= 11 is 0. The first-order valence-corrected chi connectivity index (χ1v) is 4.64. The minimum atomic E-state index is -0.287. The monoisotopic (exact) mass is 187 g/mol. The van der Waals surface area contributed by atoms with Gasteiger partial charge in [-0.15, -0.1) is 0 Å². The molecule has 1 heterocycles. The summed E-state index contributed by atoms with van der Waals surface area (Å²) < 4.78 is 10.4. The van der Waals surface area contributed by atoms with Crippen molar-refractivity contribution in [2.75, 3.05) is 40.0 Å². The van der Waals surface area contributed by atoms with Crippen molar-refractivity contribution in [3.05, 3.63) is 0 Å². The number of nitrogens with zero attached hydrogens (tertiary/aromatic N) is 1. The number of carbonyl (C=O) groups is 1. The highest BCUT2D eigenvalue weighted by Gasteiger charge is 2.24. The largest absolute Gasteiger partial charge is 0.374 e. The van der Waals surface area contributed by atoms with Gasteiger partial charge in [0.05, 0.1) is 6.61 Å². The molecular formula is C9H17NO3. The molecule has 1 unspecified atom stereocenters. The second-order valence-corrected chi connectivity index (χ2v) is 3.23. The third-order valence-electron chi connectivity index (χ3n) is 2.08. The van der Waals surface area contributed by atoms with E-state index in [0.29, 0.717) is 19.8 Å². The Morgan fingerprint density at radius 3 is 3.08 bits per heavy atom. The maximum Gasteiger partial charge on any atom is 0.188 e. The number of morpholine rings is 1. The Morgan fingerprint density at radius 1 is 1.69 bits per heavy atom. The van der Waals surface area contributed by atoms with Crippen molar-refractivity contribution in [3.63, 3.8) is 0 Å². The fraction of sp³-hybridized carbons (Fsp3) is 0.889. The smallest absolute Gasteiger partial charge is 0.188 e. The maximum atomic E-state index is 11.4. The Labute approximate surface area is 78.8 Å². The van der Waals surface area contributed by atoms with Gasteiger partial charge in [-0.25, -0.2) is 0 Å². The number of hydrogen-bond donors (Lipinski definition) is 0. The number of carbonyl (C=O) groups excluding carboxylic acids is 1. The van der Waals surface area contributed by atoms with Crippen LogP contribution in [0.3, 0.4) is 0 Å². The quantitative estimate of drug-likeness (QED) is 0.617. The molecule has 1 fully saturated rings. The molecule has 76 valence electrons. The molecule has 0 saturated carbocycles. The van der Waals surface area contributed by atoms with Crippen LogP contribution in [0.5, 0.6) is 0 Å². The van der Waals surface area contributed by atoms with E-state index in [1.54, 1.807) is 0 Å². The average molecular weight is 187 g/mol. The van der Waals surface area contributed by atoms with E-state index >= 15 is 0 Å². The first-order chi connectivity index (χ1) is 6.24. The number of rotatable bonds is 4. The number of Topliss-reactive ketones (excluding diaryl/α,β-unsaturated/α-hetero) is 1. The van der Waals surface area contributed by atoms with Gasteiger partial charge in [-0.2, -0.15) is 0 Å². The van der Waals surface area contributed by atoms with E-state index in [9.17, 15) is 4.79 Å². The van der Waals surface area contributed by atoms with Crippen molar-refractivity contribution in [1.29, 1.82) is 0 Å². The van der Waals surface area contributed by atoms with Crippen molar-refractivity contribution in [1.82, 2.24) is 4.90 Å². The van der Waals surface area contributed by atoms with E-state index in [1.165, 1.54) is 0 Å². The Bertz CT molecular complexity index is 172. The number of likely N-dealkylation sites (N-methyl/N-ethyl adjacent to an activating group) is 1. The fourth-order valence-electron chi connectivity index (χ4n) is 1.27. The van der Waals surface area contributed by atoms with Crippen LogP contribution in [0.2, 0.25) is 0 Å². The summed E-state index contributed by atoms with van der Waals surface area (Å²) in [6.45, 7) is 4.85. The van der Waals surface area contributed by atoms with Gasteiger partial charge in [0.1, 0.15) is 12.7 Å². The third kappa shape index (κ3) is 3.42. The van der Waals surface area contributed by atoms with Crippen LogP contribution in [0, 0.1) is 0 Å². The molecule has 1 rings (SSSR count). The van der Waals surface area contributed by atoms with Crippen LogP contribution in [0.1, 0.15) is 6.92 Å². The van der Waals surface area contributed by atoms with Crippen molar-refractivity contribution < 1.29 is 14.3 Å². The molecule has 0 aromatic carbocycles. The molecule has 0 spiro atoms. The summed E-state index contributed by atoms with van der Waals surface area (Å²) in [4.78, 5) is 13.5. The van der Waals surface area contributed by atoms with Crippen LogP contribution in [-0.2, 0) is 14.3 Å². The zero-order valence-corrected chi connectivity index (χ0v) is 8.28. The zero-order chi connectivity index (χ0) is 9.68. The molecule has 0 aromatic rings. The van der Waals surface area contributed by atoms with Gasteiger partial charge in [0, 0.05) is 19.7 Å². The van der Waals surface area contributed by atoms with Crippen LogP contribution in [0.25, 0.3) is 0 Å². The standard InChI is InChI=1S/C9H17NO3/c1-3-12-7-8(11)9-6-10(2)4-5-13-9/h9H,3-7H2,1-2H3. The molecule has 4 nitrogen and oxygen atoms in total. The van der Waals surface area contributed by atoms with E-state index in [0.717, 1.165) is 6.54 Å². The molecule has 1 aliphatic rings. The summed E-state index contributed by atoms with van der Waals surface area (Å²) in [7, 11) is 1.99. The molecular weight excluding hydrogens is 170 g/mol. The van der Waals surface area contributed by atoms with Crippen molar-refractivity contribution >= 4 is 5.78 Å². The lowest BCUT2D eigenvalue weighted by Crippen LogP contribution is -2.45. The van der Waals surface area contributed by atoms with Gasteiger partial charge in [-0.1, -0.05) is 0 Å². The number of ether oxygens (including phenoxy) is 2. The number of ketones is 1. The average Bonchev–Trinajstić information content (AvgIpc) is 2.14. The normalized spacial score (nSPS) is 24.6. The Kier molecular flexibility index (Phi) is 4.35. The second-order valence-electron chi connectivity index (χ2n) is 3.23. The van der Waals surface area contributed by atoms with Crippen LogP contribution in [0.4, 0.5) is 0 Å². The van der Waals surface area contributed by atoms with Crippen LogP contribution >= 0.6 is 0 Å². The van der Waals surface area contributed by atoms with Crippen molar-refractivity contribution in [3.8, 4) is 0 Å². The molecule has 4 heteroatoms.